The summed E-state index contributed by atoms with van der Waals surface area (Å²) in [5.41, 5.74) is 2.68. The number of piperazine rings is 1. The van der Waals surface area contributed by atoms with E-state index in [0.717, 1.165) is 75.6 Å². The van der Waals surface area contributed by atoms with Crippen LogP contribution < -0.4 is 10.2 Å². The molecule has 0 unspecified atom stereocenters. The zero-order valence-corrected chi connectivity index (χ0v) is 21.7. The molecule has 5 rings (SSSR count). The molecule has 1 aromatic heterocycles. The Hall–Kier alpha value is -3.00. The molecule has 8 heteroatoms. The predicted molar refractivity (Wildman–Crippen MR) is 145 cm³/mol. The van der Waals surface area contributed by atoms with Gasteiger partial charge in [-0.25, -0.2) is 9.37 Å². The Balaban J connectivity index is 1.08. The van der Waals surface area contributed by atoms with Crippen LogP contribution in [0.4, 0.5) is 10.2 Å². The highest BCUT2D eigenvalue weighted by atomic mass is 35.5. The lowest BCUT2D eigenvalue weighted by Crippen LogP contribution is -2.53. The first-order chi connectivity index (χ1) is 18.0. The molecule has 6 nitrogen and oxygen atoms in total. The highest BCUT2D eigenvalue weighted by molar-refractivity contribution is 6.33. The number of hydrogen-bond donors (Lipinski definition) is 1. The Bertz CT molecular complexity index is 1180. The Morgan fingerprint density at radius 2 is 1.65 bits per heavy atom. The molecule has 0 aliphatic carbocycles. The van der Waals surface area contributed by atoms with Gasteiger partial charge in [0.15, 0.2) is 0 Å². The van der Waals surface area contributed by atoms with E-state index in [-0.39, 0.29) is 11.7 Å². The second-order valence-corrected chi connectivity index (χ2v) is 10.3. The van der Waals surface area contributed by atoms with Crippen molar-refractivity contribution in [3.63, 3.8) is 0 Å². The number of aromatic nitrogens is 1. The molecule has 0 bridgehead atoms. The van der Waals surface area contributed by atoms with Gasteiger partial charge in [-0.05, 0) is 55.3 Å². The fraction of sp³-hybridized carbons (Fsp3) is 0.379. The molecule has 37 heavy (non-hydrogen) atoms. The summed E-state index contributed by atoms with van der Waals surface area (Å²) in [6, 6.07) is 19.0. The number of benzene rings is 2. The number of rotatable bonds is 7. The van der Waals surface area contributed by atoms with E-state index < -0.39 is 0 Å². The van der Waals surface area contributed by atoms with Crippen LogP contribution in [0.1, 0.15) is 34.3 Å². The van der Waals surface area contributed by atoms with Crippen LogP contribution >= 0.6 is 11.6 Å². The van der Waals surface area contributed by atoms with E-state index in [9.17, 15) is 9.18 Å². The van der Waals surface area contributed by atoms with Gasteiger partial charge < -0.3 is 10.2 Å². The molecule has 2 fully saturated rings. The molecular weight excluding hydrogens is 489 g/mol. The first-order valence-corrected chi connectivity index (χ1v) is 13.4. The highest BCUT2D eigenvalue weighted by Gasteiger charge is 2.28. The van der Waals surface area contributed by atoms with Gasteiger partial charge in [-0.1, -0.05) is 54.1 Å². The summed E-state index contributed by atoms with van der Waals surface area (Å²) < 4.78 is 13.2. The van der Waals surface area contributed by atoms with E-state index in [1.807, 2.05) is 42.5 Å². The number of halogens is 2. The lowest BCUT2D eigenvalue weighted by molar-refractivity contribution is 0.0950. The predicted octanol–water partition coefficient (Wildman–Crippen LogP) is 4.59. The minimum Gasteiger partial charge on any atom is -0.353 e. The second-order valence-electron chi connectivity index (χ2n) is 9.85. The molecule has 0 spiro atoms. The van der Waals surface area contributed by atoms with Gasteiger partial charge in [-0.3, -0.25) is 14.6 Å². The molecule has 3 aromatic rings. The van der Waals surface area contributed by atoms with Crippen LogP contribution in [-0.4, -0.2) is 66.0 Å². The SMILES string of the molecule is O=C(NCc1ccccc1)c1cnc(N2CCN(C3CCN(Cc4ccc(F)cc4)CC3)CC2)c(Cl)c1. The molecule has 3 heterocycles. The third-order valence-corrected chi connectivity index (χ3v) is 7.66. The van der Waals surface area contributed by atoms with Gasteiger partial charge in [0.2, 0.25) is 0 Å². The van der Waals surface area contributed by atoms with Gasteiger partial charge in [-0.15, -0.1) is 0 Å². The van der Waals surface area contributed by atoms with Gasteiger partial charge in [0.25, 0.3) is 5.91 Å². The number of carbonyl (C=O) groups excluding carboxylic acids is 1. The van der Waals surface area contributed by atoms with E-state index in [4.69, 9.17) is 11.6 Å². The van der Waals surface area contributed by atoms with Gasteiger partial charge in [-0.2, -0.15) is 0 Å². The maximum absolute atomic E-state index is 13.2. The molecule has 1 N–H and O–H groups in total. The molecule has 2 aliphatic rings. The molecule has 194 valence electrons. The van der Waals surface area contributed by atoms with Crippen molar-refractivity contribution in [2.75, 3.05) is 44.2 Å². The van der Waals surface area contributed by atoms with Crippen molar-refractivity contribution < 1.29 is 9.18 Å². The summed E-state index contributed by atoms with van der Waals surface area (Å²) in [6.07, 6.45) is 3.91. The van der Waals surface area contributed by atoms with Crippen molar-refractivity contribution in [3.05, 3.63) is 94.4 Å². The number of piperidine rings is 1. The summed E-state index contributed by atoms with van der Waals surface area (Å²) in [4.78, 5) is 24.4. The van der Waals surface area contributed by atoms with Crippen molar-refractivity contribution in [3.8, 4) is 0 Å². The number of amides is 1. The highest BCUT2D eigenvalue weighted by Crippen LogP contribution is 2.27. The van der Waals surface area contributed by atoms with Gasteiger partial charge in [0, 0.05) is 51.5 Å². The Labute approximate surface area is 223 Å². The minimum atomic E-state index is -0.182. The van der Waals surface area contributed by atoms with Crippen molar-refractivity contribution in [2.45, 2.75) is 32.0 Å². The lowest BCUT2D eigenvalue weighted by atomic mass is 10.0. The number of anilines is 1. The van der Waals surface area contributed by atoms with Gasteiger partial charge in [0.05, 0.1) is 10.6 Å². The van der Waals surface area contributed by atoms with Gasteiger partial charge in [0.1, 0.15) is 11.6 Å². The smallest absolute Gasteiger partial charge is 0.253 e. The molecule has 2 aromatic carbocycles. The summed E-state index contributed by atoms with van der Waals surface area (Å²) in [6.45, 7) is 7.13. The van der Waals surface area contributed by atoms with Crippen LogP contribution in [0.15, 0.2) is 66.9 Å². The lowest BCUT2D eigenvalue weighted by Gasteiger charge is -2.43. The summed E-state index contributed by atoms with van der Waals surface area (Å²) in [5, 5.41) is 3.44. The molecule has 2 saturated heterocycles. The molecule has 2 aliphatic heterocycles. The molecule has 1 amide bonds. The van der Waals surface area contributed by atoms with Crippen LogP contribution in [0, 0.1) is 5.82 Å². The first-order valence-electron chi connectivity index (χ1n) is 13.0. The van der Waals surface area contributed by atoms with Crippen LogP contribution in [0.25, 0.3) is 0 Å². The summed E-state index contributed by atoms with van der Waals surface area (Å²) in [7, 11) is 0. The topological polar surface area (TPSA) is 51.7 Å². The monoisotopic (exact) mass is 521 g/mol. The van der Waals surface area contributed by atoms with Crippen LogP contribution in [-0.2, 0) is 13.1 Å². The van der Waals surface area contributed by atoms with E-state index in [1.54, 1.807) is 12.3 Å². The maximum Gasteiger partial charge on any atom is 0.253 e. The van der Waals surface area contributed by atoms with E-state index in [2.05, 4.69) is 25.0 Å². The number of hydrogen-bond acceptors (Lipinski definition) is 5. The molecule has 0 atom stereocenters. The van der Waals surface area contributed by atoms with E-state index in [0.29, 0.717) is 23.2 Å². The van der Waals surface area contributed by atoms with Gasteiger partial charge >= 0.3 is 0 Å². The molecular formula is C29H33ClFN5O. The number of likely N-dealkylation sites (tertiary alicyclic amines) is 1. The standard InChI is InChI=1S/C29H33ClFN5O/c30-27-18-24(29(37)33-19-22-4-2-1-3-5-22)20-32-28(27)36-16-14-35(15-17-36)26-10-12-34(13-11-26)21-23-6-8-25(31)9-7-23/h1-9,18,20,26H,10-17,19,21H2,(H,33,37). The van der Waals surface area contributed by atoms with Crippen LogP contribution in [0.5, 0.6) is 0 Å². The van der Waals surface area contributed by atoms with Crippen LogP contribution in [0.2, 0.25) is 5.02 Å². The summed E-state index contributed by atoms with van der Waals surface area (Å²) in [5.74, 6) is 0.383. The fourth-order valence-corrected chi connectivity index (χ4v) is 5.54. The summed E-state index contributed by atoms with van der Waals surface area (Å²) >= 11 is 6.58. The number of carbonyl (C=O) groups is 1. The van der Waals surface area contributed by atoms with E-state index >= 15 is 0 Å². The zero-order valence-electron chi connectivity index (χ0n) is 21.0. The normalized spacial score (nSPS) is 17.6. The third-order valence-electron chi connectivity index (χ3n) is 7.39. The average Bonchev–Trinajstić information content (AvgIpc) is 2.94. The Kier molecular flexibility index (Phi) is 8.34. The molecule has 0 saturated carbocycles. The van der Waals surface area contributed by atoms with Crippen LogP contribution in [0.3, 0.4) is 0 Å². The zero-order chi connectivity index (χ0) is 25.6. The average molecular weight is 522 g/mol. The first kappa shape index (κ1) is 25.6. The van der Waals surface area contributed by atoms with Crippen molar-refractivity contribution >= 4 is 23.3 Å². The Morgan fingerprint density at radius 1 is 0.946 bits per heavy atom. The van der Waals surface area contributed by atoms with E-state index in [1.165, 1.54) is 12.1 Å². The second kappa shape index (κ2) is 12.0. The van der Waals surface area contributed by atoms with Crippen molar-refractivity contribution in [1.82, 2.24) is 20.1 Å². The van der Waals surface area contributed by atoms with Crippen molar-refractivity contribution in [1.29, 1.82) is 0 Å². The third kappa shape index (κ3) is 6.66. The molecule has 0 radical (unpaired) electrons. The number of nitrogens with zero attached hydrogens (tertiary/aromatic N) is 4. The quantitative estimate of drug-likeness (QED) is 0.493. The fourth-order valence-electron chi connectivity index (χ4n) is 5.26. The number of nitrogens with one attached hydrogen (secondary N) is 1. The number of pyridine rings is 1. The maximum atomic E-state index is 13.2. The Morgan fingerprint density at radius 3 is 2.32 bits per heavy atom. The largest absolute Gasteiger partial charge is 0.353 e. The van der Waals surface area contributed by atoms with Crippen molar-refractivity contribution in [2.24, 2.45) is 0 Å². The minimum absolute atomic E-state index is 0.180.